The number of nitrogens with zero attached hydrogens (tertiary/aromatic N) is 1. The monoisotopic (exact) mass is 402 g/mol. The van der Waals surface area contributed by atoms with E-state index in [2.05, 4.69) is 5.32 Å². The van der Waals surface area contributed by atoms with E-state index in [0.29, 0.717) is 31.7 Å². The molecule has 28 heavy (non-hydrogen) atoms. The normalized spacial score (nSPS) is 17.9. The Kier molecular flexibility index (Phi) is 6.36. The predicted molar refractivity (Wildman–Crippen MR) is 109 cm³/mol. The molecule has 2 aromatic rings. The molecular formula is C21H26N2O4S. The maximum Gasteiger partial charge on any atom is 0.243 e. The highest BCUT2D eigenvalue weighted by molar-refractivity contribution is 7.89. The number of benzene rings is 2. The van der Waals surface area contributed by atoms with Crippen molar-refractivity contribution in [1.82, 2.24) is 4.31 Å². The lowest BCUT2D eigenvalue weighted by Crippen LogP contribution is -2.43. The molecule has 1 aliphatic heterocycles. The Morgan fingerprint density at radius 3 is 2.57 bits per heavy atom. The zero-order chi connectivity index (χ0) is 20.1. The first kappa shape index (κ1) is 20.4. The van der Waals surface area contributed by atoms with Crippen molar-refractivity contribution >= 4 is 21.6 Å². The molecule has 1 heterocycles. The average Bonchev–Trinajstić information content (AvgIpc) is 2.70. The van der Waals surface area contributed by atoms with Gasteiger partial charge in [0.25, 0.3) is 0 Å². The van der Waals surface area contributed by atoms with Crippen molar-refractivity contribution in [2.45, 2.75) is 31.6 Å². The molecule has 1 saturated heterocycles. The number of nitrogens with one attached hydrogen (secondary N) is 1. The molecular weight excluding hydrogens is 376 g/mol. The number of aryl methyl sites for hydroxylation is 1. The van der Waals surface area contributed by atoms with E-state index >= 15 is 0 Å². The van der Waals surface area contributed by atoms with Crippen molar-refractivity contribution in [3.05, 3.63) is 54.1 Å². The number of sulfonamides is 1. The molecule has 0 aliphatic carbocycles. The van der Waals surface area contributed by atoms with E-state index in [0.717, 1.165) is 11.3 Å². The van der Waals surface area contributed by atoms with Gasteiger partial charge < -0.3 is 10.1 Å². The Balaban J connectivity index is 1.71. The van der Waals surface area contributed by atoms with Gasteiger partial charge in [-0.2, -0.15) is 4.31 Å². The molecule has 0 spiro atoms. The molecule has 0 saturated carbocycles. The minimum Gasteiger partial charge on any atom is -0.494 e. The number of carbonyl (C=O) groups is 1. The molecule has 0 unspecified atom stereocenters. The van der Waals surface area contributed by atoms with Crippen LogP contribution < -0.4 is 10.1 Å². The van der Waals surface area contributed by atoms with Gasteiger partial charge in [-0.05, 0) is 62.6 Å². The van der Waals surface area contributed by atoms with Gasteiger partial charge in [0, 0.05) is 18.8 Å². The van der Waals surface area contributed by atoms with Crippen molar-refractivity contribution in [3.8, 4) is 5.75 Å². The van der Waals surface area contributed by atoms with Gasteiger partial charge in [-0.3, -0.25) is 4.79 Å². The fourth-order valence-electron chi connectivity index (χ4n) is 3.35. The Bertz CT molecular complexity index is 926. The molecule has 3 rings (SSSR count). The Morgan fingerprint density at radius 1 is 1.18 bits per heavy atom. The Morgan fingerprint density at radius 2 is 1.89 bits per heavy atom. The molecule has 1 atom stereocenters. The van der Waals surface area contributed by atoms with Gasteiger partial charge in [-0.25, -0.2) is 8.42 Å². The van der Waals surface area contributed by atoms with Crippen LogP contribution in [0.15, 0.2) is 53.4 Å². The topological polar surface area (TPSA) is 75.7 Å². The number of hydrogen-bond acceptors (Lipinski definition) is 4. The lowest BCUT2D eigenvalue weighted by molar-refractivity contribution is -0.120. The minimum atomic E-state index is -3.64. The second-order valence-electron chi connectivity index (χ2n) is 6.91. The van der Waals surface area contributed by atoms with Crippen LogP contribution in [0.5, 0.6) is 5.75 Å². The fraction of sp³-hybridized carbons (Fsp3) is 0.381. The smallest absolute Gasteiger partial charge is 0.243 e. The van der Waals surface area contributed by atoms with Gasteiger partial charge in [-0.15, -0.1) is 0 Å². The Labute approximate surface area is 166 Å². The lowest BCUT2D eigenvalue weighted by Gasteiger charge is -2.31. The summed E-state index contributed by atoms with van der Waals surface area (Å²) in [5.41, 5.74) is 1.74. The van der Waals surface area contributed by atoms with Gasteiger partial charge in [0.1, 0.15) is 5.75 Å². The van der Waals surface area contributed by atoms with Crippen LogP contribution in [0.3, 0.4) is 0 Å². The molecule has 0 radical (unpaired) electrons. The fourth-order valence-corrected chi connectivity index (χ4v) is 4.87. The average molecular weight is 403 g/mol. The van der Waals surface area contributed by atoms with E-state index in [1.807, 2.05) is 38.1 Å². The summed E-state index contributed by atoms with van der Waals surface area (Å²) in [7, 11) is -3.64. The van der Waals surface area contributed by atoms with Crippen molar-refractivity contribution < 1.29 is 17.9 Å². The van der Waals surface area contributed by atoms with Crippen LogP contribution in [0.25, 0.3) is 0 Å². The van der Waals surface area contributed by atoms with E-state index in [1.165, 1.54) is 4.31 Å². The van der Waals surface area contributed by atoms with Crippen molar-refractivity contribution in [2.24, 2.45) is 5.92 Å². The molecule has 2 aromatic carbocycles. The third-order valence-electron chi connectivity index (χ3n) is 4.93. The van der Waals surface area contributed by atoms with Crippen molar-refractivity contribution in [2.75, 3.05) is 25.0 Å². The number of carbonyl (C=O) groups excluding carboxylic acids is 1. The molecule has 1 fully saturated rings. The standard InChI is InChI=1S/C21H26N2O4S/c1-3-27-18-10-12-19(13-11-18)28(25,26)23-14-6-8-17(15-23)21(24)22-20-9-5-4-7-16(20)2/h4-5,7,9-13,17H,3,6,8,14-15H2,1-2H3,(H,22,24)/t17-/m0/s1. The van der Waals surface area contributed by atoms with E-state index in [1.54, 1.807) is 24.3 Å². The molecule has 150 valence electrons. The summed E-state index contributed by atoms with van der Waals surface area (Å²) in [4.78, 5) is 12.9. The second kappa shape index (κ2) is 8.75. The van der Waals surface area contributed by atoms with Gasteiger partial charge in [0.15, 0.2) is 0 Å². The van der Waals surface area contributed by atoms with Gasteiger partial charge in [0.2, 0.25) is 15.9 Å². The number of hydrogen-bond donors (Lipinski definition) is 1. The SMILES string of the molecule is CCOc1ccc(S(=O)(=O)N2CCC[C@H](C(=O)Nc3ccccc3C)C2)cc1. The van der Waals surface area contributed by atoms with E-state index in [-0.39, 0.29) is 23.3 Å². The number of ether oxygens (including phenoxy) is 1. The number of para-hydroxylation sites is 1. The molecule has 1 amide bonds. The van der Waals surface area contributed by atoms with Crippen LogP contribution in [0.4, 0.5) is 5.69 Å². The van der Waals surface area contributed by atoms with Crippen molar-refractivity contribution in [1.29, 1.82) is 0 Å². The third-order valence-corrected chi connectivity index (χ3v) is 6.81. The summed E-state index contributed by atoms with van der Waals surface area (Å²) in [6, 6.07) is 14.0. The molecule has 7 heteroatoms. The maximum atomic E-state index is 13.0. The highest BCUT2D eigenvalue weighted by Crippen LogP contribution is 2.26. The van der Waals surface area contributed by atoms with Crippen molar-refractivity contribution in [3.63, 3.8) is 0 Å². The molecule has 6 nitrogen and oxygen atoms in total. The third kappa shape index (κ3) is 4.54. The molecule has 1 N–H and O–H groups in total. The Hall–Kier alpha value is -2.38. The second-order valence-corrected chi connectivity index (χ2v) is 8.85. The van der Waals surface area contributed by atoms with Crippen LogP contribution in [-0.4, -0.2) is 38.3 Å². The van der Waals surface area contributed by atoms with Gasteiger partial charge in [-0.1, -0.05) is 18.2 Å². The van der Waals surface area contributed by atoms with Crippen LogP contribution in [0, 0.1) is 12.8 Å². The highest BCUT2D eigenvalue weighted by Gasteiger charge is 2.33. The first-order valence-electron chi connectivity index (χ1n) is 9.51. The number of rotatable bonds is 6. The summed E-state index contributed by atoms with van der Waals surface area (Å²) >= 11 is 0. The summed E-state index contributed by atoms with van der Waals surface area (Å²) in [5.74, 6) is 0.127. The predicted octanol–water partition coefficient (Wildman–Crippen LogP) is 3.43. The van der Waals surface area contributed by atoms with Gasteiger partial charge in [0.05, 0.1) is 17.4 Å². The van der Waals surface area contributed by atoms with E-state index in [4.69, 9.17) is 4.74 Å². The summed E-state index contributed by atoms with van der Waals surface area (Å²) in [6.45, 7) is 4.94. The number of piperidine rings is 1. The van der Waals surface area contributed by atoms with Crippen LogP contribution in [0.1, 0.15) is 25.3 Å². The first-order valence-corrected chi connectivity index (χ1v) is 11.0. The summed E-state index contributed by atoms with van der Waals surface area (Å²) in [6.07, 6.45) is 1.33. The minimum absolute atomic E-state index is 0.138. The van der Waals surface area contributed by atoms with E-state index < -0.39 is 10.0 Å². The lowest BCUT2D eigenvalue weighted by atomic mass is 9.98. The molecule has 0 bridgehead atoms. The zero-order valence-corrected chi connectivity index (χ0v) is 17.0. The summed E-state index contributed by atoms with van der Waals surface area (Å²) < 4.78 is 32.8. The van der Waals surface area contributed by atoms with Crippen LogP contribution >= 0.6 is 0 Å². The highest BCUT2D eigenvalue weighted by atomic mass is 32.2. The van der Waals surface area contributed by atoms with Crippen LogP contribution in [0.2, 0.25) is 0 Å². The maximum absolute atomic E-state index is 13.0. The van der Waals surface area contributed by atoms with E-state index in [9.17, 15) is 13.2 Å². The first-order chi connectivity index (χ1) is 13.4. The van der Waals surface area contributed by atoms with Crippen LogP contribution in [-0.2, 0) is 14.8 Å². The quantitative estimate of drug-likeness (QED) is 0.803. The largest absolute Gasteiger partial charge is 0.494 e. The molecule has 0 aromatic heterocycles. The summed E-state index contributed by atoms with van der Waals surface area (Å²) in [5, 5.41) is 2.94. The van der Waals surface area contributed by atoms with Gasteiger partial charge >= 0.3 is 0 Å². The molecule has 1 aliphatic rings. The number of anilines is 1. The zero-order valence-electron chi connectivity index (χ0n) is 16.2. The number of amides is 1.